The molecule has 1 amide bonds. The zero-order chi connectivity index (χ0) is 16.3. The molecule has 1 aliphatic carbocycles. The Morgan fingerprint density at radius 3 is 2.54 bits per heavy atom. The highest BCUT2D eigenvalue weighted by atomic mass is 35.5. The zero-order valence-corrected chi connectivity index (χ0v) is 16.0. The van der Waals surface area contributed by atoms with E-state index in [-0.39, 0.29) is 17.8 Å². The standard InChI is InChI=1S/C19H27ClN2O.ClH/c1-21-14-15-7-11-22(12-8-15)18(23)19(9-2-3-10-19)16-5-4-6-17(20)13-16;/h4-6,13,15,21H,2-3,7-12,14H2,1H3;1H. The van der Waals surface area contributed by atoms with E-state index in [2.05, 4.69) is 16.3 Å². The van der Waals surface area contributed by atoms with Gasteiger partial charge in [0.05, 0.1) is 5.41 Å². The molecule has 0 atom stereocenters. The van der Waals surface area contributed by atoms with Crippen LogP contribution in [-0.4, -0.2) is 37.5 Å². The average molecular weight is 371 g/mol. The minimum Gasteiger partial charge on any atom is -0.342 e. The van der Waals surface area contributed by atoms with Crippen molar-refractivity contribution in [3.63, 3.8) is 0 Å². The first kappa shape index (κ1) is 19.6. The van der Waals surface area contributed by atoms with Gasteiger partial charge in [-0.25, -0.2) is 0 Å². The van der Waals surface area contributed by atoms with Gasteiger partial charge < -0.3 is 10.2 Å². The van der Waals surface area contributed by atoms with Crippen molar-refractivity contribution in [3.05, 3.63) is 34.9 Å². The maximum atomic E-state index is 13.4. The van der Waals surface area contributed by atoms with Crippen molar-refractivity contribution in [2.75, 3.05) is 26.7 Å². The molecule has 0 spiro atoms. The third kappa shape index (κ3) is 3.89. The summed E-state index contributed by atoms with van der Waals surface area (Å²) in [7, 11) is 2.00. The van der Waals surface area contributed by atoms with Crippen LogP contribution in [0.2, 0.25) is 5.02 Å². The molecule has 134 valence electrons. The Labute approximate surface area is 156 Å². The smallest absolute Gasteiger partial charge is 0.233 e. The van der Waals surface area contributed by atoms with E-state index in [1.54, 1.807) is 0 Å². The lowest BCUT2D eigenvalue weighted by atomic mass is 9.77. The maximum absolute atomic E-state index is 13.4. The third-order valence-electron chi connectivity index (χ3n) is 5.64. The van der Waals surface area contributed by atoms with E-state index in [1.807, 2.05) is 25.2 Å². The summed E-state index contributed by atoms with van der Waals surface area (Å²) in [5, 5.41) is 3.99. The van der Waals surface area contributed by atoms with Crippen molar-refractivity contribution in [1.82, 2.24) is 10.2 Å². The van der Waals surface area contributed by atoms with E-state index in [9.17, 15) is 4.79 Å². The highest BCUT2D eigenvalue weighted by Crippen LogP contribution is 2.43. The lowest BCUT2D eigenvalue weighted by Crippen LogP contribution is -2.49. The molecule has 1 aliphatic heterocycles. The van der Waals surface area contributed by atoms with Crippen molar-refractivity contribution in [1.29, 1.82) is 0 Å². The van der Waals surface area contributed by atoms with Crippen molar-refractivity contribution in [3.8, 4) is 0 Å². The van der Waals surface area contributed by atoms with Crippen molar-refractivity contribution in [2.45, 2.75) is 43.9 Å². The van der Waals surface area contributed by atoms with Crippen LogP contribution in [0.4, 0.5) is 0 Å². The summed E-state index contributed by atoms with van der Waals surface area (Å²) in [6.07, 6.45) is 6.41. The van der Waals surface area contributed by atoms with Crippen LogP contribution in [-0.2, 0) is 10.2 Å². The van der Waals surface area contributed by atoms with E-state index in [1.165, 1.54) is 0 Å². The Hall–Kier alpha value is -0.770. The third-order valence-corrected chi connectivity index (χ3v) is 5.87. The number of likely N-dealkylation sites (tertiary alicyclic amines) is 1. The number of nitrogens with zero attached hydrogens (tertiary/aromatic N) is 1. The number of amides is 1. The Balaban J connectivity index is 0.00000208. The number of hydrogen-bond acceptors (Lipinski definition) is 2. The van der Waals surface area contributed by atoms with E-state index < -0.39 is 0 Å². The molecule has 0 radical (unpaired) electrons. The second-order valence-corrected chi connectivity index (χ2v) is 7.53. The first-order valence-corrected chi connectivity index (χ1v) is 9.23. The van der Waals surface area contributed by atoms with Gasteiger partial charge in [-0.1, -0.05) is 36.6 Å². The van der Waals surface area contributed by atoms with E-state index in [4.69, 9.17) is 11.6 Å². The first-order chi connectivity index (χ1) is 11.2. The van der Waals surface area contributed by atoms with Crippen LogP contribution in [0.15, 0.2) is 24.3 Å². The molecule has 5 heteroatoms. The lowest BCUT2D eigenvalue weighted by Gasteiger charge is -2.39. The summed E-state index contributed by atoms with van der Waals surface area (Å²) >= 11 is 6.20. The number of carbonyl (C=O) groups is 1. The normalized spacial score (nSPS) is 20.7. The van der Waals surface area contributed by atoms with E-state index >= 15 is 0 Å². The summed E-state index contributed by atoms with van der Waals surface area (Å²) in [5.74, 6) is 1.04. The lowest BCUT2D eigenvalue weighted by molar-refractivity contribution is -0.138. The molecule has 2 fully saturated rings. The minimum atomic E-state index is -0.333. The van der Waals surface area contributed by atoms with Crippen molar-refractivity contribution >= 4 is 29.9 Å². The number of hydrogen-bond donors (Lipinski definition) is 1. The molecule has 2 aliphatic rings. The van der Waals surface area contributed by atoms with Gasteiger partial charge in [-0.15, -0.1) is 12.4 Å². The van der Waals surface area contributed by atoms with E-state index in [0.717, 1.165) is 68.7 Å². The molecule has 0 bridgehead atoms. The maximum Gasteiger partial charge on any atom is 0.233 e. The summed E-state index contributed by atoms with van der Waals surface area (Å²) < 4.78 is 0. The average Bonchev–Trinajstić information content (AvgIpc) is 3.06. The second kappa shape index (κ2) is 8.55. The molecule has 3 nitrogen and oxygen atoms in total. The number of carbonyl (C=O) groups excluding carboxylic acids is 1. The van der Waals surface area contributed by atoms with E-state index in [0.29, 0.717) is 11.8 Å². The topological polar surface area (TPSA) is 32.3 Å². The molecular formula is C19H28Cl2N2O. The van der Waals surface area contributed by atoms with Gasteiger partial charge in [-0.3, -0.25) is 4.79 Å². The summed E-state index contributed by atoms with van der Waals surface area (Å²) in [4.78, 5) is 15.5. The fourth-order valence-corrected chi connectivity index (χ4v) is 4.51. The molecule has 1 aromatic carbocycles. The molecule has 1 saturated heterocycles. The van der Waals surface area contributed by atoms with Gasteiger partial charge in [0.25, 0.3) is 0 Å². The monoisotopic (exact) mass is 370 g/mol. The van der Waals surface area contributed by atoms with Crippen LogP contribution in [0.3, 0.4) is 0 Å². The van der Waals surface area contributed by atoms with Gasteiger partial charge in [0.2, 0.25) is 5.91 Å². The van der Waals surface area contributed by atoms with Gasteiger partial charge in [0.15, 0.2) is 0 Å². The quantitative estimate of drug-likeness (QED) is 0.867. The van der Waals surface area contributed by atoms with Crippen molar-refractivity contribution in [2.24, 2.45) is 5.92 Å². The Morgan fingerprint density at radius 2 is 1.96 bits per heavy atom. The summed E-state index contributed by atoms with van der Waals surface area (Å²) in [6, 6.07) is 7.95. The fourth-order valence-electron chi connectivity index (χ4n) is 4.32. The largest absolute Gasteiger partial charge is 0.342 e. The highest BCUT2D eigenvalue weighted by Gasteiger charge is 2.45. The minimum absolute atomic E-state index is 0. The highest BCUT2D eigenvalue weighted by molar-refractivity contribution is 6.30. The fraction of sp³-hybridized carbons (Fsp3) is 0.632. The second-order valence-electron chi connectivity index (χ2n) is 7.09. The summed E-state index contributed by atoms with van der Waals surface area (Å²) in [6.45, 7) is 2.85. The van der Waals surface area contributed by atoms with Crippen LogP contribution in [0.25, 0.3) is 0 Å². The Kier molecular flexibility index (Phi) is 6.97. The Bertz CT molecular complexity index is 550. The molecular weight excluding hydrogens is 343 g/mol. The summed E-state index contributed by atoms with van der Waals surface area (Å²) in [5.41, 5.74) is 0.783. The number of halogens is 2. The van der Waals surface area contributed by atoms with Crippen LogP contribution >= 0.6 is 24.0 Å². The molecule has 0 aromatic heterocycles. The molecule has 1 heterocycles. The van der Waals surface area contributed by atoms with Crippen LogP contribution < -0.4 is 5.32 Å². The van der Waals surface area contributed by atoms with Gasteiger partial charge in [-0.05, 0) is 62.9 Å². The van der Waals surface area contributed by atoms with Gasteiger partial charge >= 0.3 is 0 Å². The molecule has 1 aromatic rings. The predicted molar refractivity (Wildman–Crippen MR) is 102 cm³/mol. The first-order valence-electron chi connectivity index (χ1n) is 8.86. The zero-order valence-electron chi connectivity index (χ0n) is 14.4. The van der Waals surface area contributed by atoms with Gasteiger partial charge in [0.1, 0.15) is 0 Å². The molecule has 24 heavy (non-hydrogen) atoms. The SMILES string of the molecule is CNCC1CCN(C(=O)C2(c3cccc(Cl)c3)CCCC2)CC1.Cl. The number of nitrogens with one attached hydrogen (secondary N) is 1. The van der Waals surface area contributed by atoms with Crippen LogP contribution in [0, 0.1) is 5.92 Å². The predicted octanol–water partition coefficient (Wildman–Crippen LogP) is 4.03. The van der Waals surface area contributed by atoms with Gasteiger partial charge in [0, 0.05) is 18.1 Å². The number of benzene rings is 1. The molecule has 3 rings (SSSR count). The number of rotatable bonds is 4. The molecule has 1 N–H and O–H groups in total. The Morgan fingerprint density at radius 1 is 1.29 bits per heavy atom. The molecule has 1 saturated carbocycles. The van der Waals surface area contributed by atoms with Gasteiger partial charge in [-0.2, -0.15) is 0 Å². The number of piperidine rings is 1. The molecule has 0 unspecified atom stereocenters. The van der Waals surface area contributed by atoms with Crippen LogP contribution in [0.5, 0.6) is 0 Å². The van der Waals surface area contributed by atoms with Crippen molar-refractivity contribution < 1.29 is 4.79 Å². The van der Waals surface area contributed by atoms with Crippen LogP contribution in [0.1, 0.15) is 44.1 Å².